The molecule has 4 rings (SSSR count). The van der Waals surface area contributed by atoms with Gasteiger partial charge in [-0.3, -0.25) is 9.69 Å². The number of nitrogens with zero attached hydrogens (tertiary/aromatic N) is 2. The average Bonchev–Trinajstić information content (AvgIpc) is 2.83. The van der Waals surface area contributed by atoms with Crippen LogP contribution in [0, 0.1) is 13.8 Å². The average molecular weight is 487 g/mol. The number of aliphatic hydroxyl groups is 1. The third kappa shape index (κ3) is 5.73. The minimum Gasteiger partial charge on any atom is -0.491 e. The molecule has 2 heterocycles. The van der Waals surface area contributed by atoms with Crippen molar-refractivity contribution >= 4 is 22.6 Å². The molecule has 3 aromatic rings. The number of aliphatic hydroxyl groups excluding tert-OH is 1. The summed E-state index contributed by atoms with van der Waals surface area (Å²) in [6, 6.07) is 8.57. The summed E-state index contributed by atoms with van der Waals surface area (Å²) in [6.07, 6.45) is 0.705. The summed E-state index contributed by atoms with van der Waals surface area (Å²) in [5.74, 6) is 1.15. The Labute approximate surface area is 204 Å². The number of aryl methyl sites for hydroxylation is 2. The normalized spacial score (nSPS) is 16.0. The van der Waals surface area contributed by atoms with Crippen LogP contribution in [0.4, 0.5) is 0 Å². The standard InChI is InChI=1S/C26H31ClN2O5/c1-4-28-7-9-29(10-8-28)14-19(30)15-32-20-5-6-22-23(13-20)33-16-24(26(22)31)34-21-11-17(2)25(27)18(3)12-21/h5-6,11-13,16,19,30H,4,7-10,14-15H2,1-3H3/t19-/m0/s1. The first-order chi connectivity index (χ1) is 16.3. The van der Waals surface area contributed by atoms with Crippen molar-refractivity contribution in [2.24, 2.45) is 0 Å². The quantitative estimate of drug-likeness (QED) is 0.510. The summed E-state index contributed by atoms with van der Waals surface area (Å²) in [5, 5.41) is 11.5. The highest BCUT2D eigenvalue weighted by molar-refractivity contribution is 6.32. The second-order valence-electron chi connectivity index (χ2n) is 8.76. The van der Waals surface area contributed by atoms with E-state index in [2.05, 4.69) is 16.7 Å². The molecule has 182 valence electrons. The highest BCUT2D eigenvalue weighted by atomic mass is 35.5. The van der Waals surface area contributed by atoms with E-state index in [0.29, 0.717) is 34.0 Å². The van der Waals surface area contributed by atoms with Gasteiger partial charge in [-0.2, -0.15) is 0 Å². The highest BCUT2D eigenvalue weighted by Crippen LogP contribution is 2.29. The Kier molecular flexibility index (Phi) is 7.78. The van der Waals surface area contributed by atoms with Gasteiger partial charge in [0.2, 0.25) is 11.2 Å². The van der Waals surface area contributed by atoms with E-state index in [1.54, 1.807) is 30.3 Å². The van der Waals surface area contributed by atoms with Gasteiger partial charge in [0.05, 0.1) is 5.39 Å². The number of likely N-dealkylation sites (N-methyl/N-ethyl adjacent to an activating group) is 1. The second kappa shape index (κ2) is 10.8. The largest absolute Gasteiger partial charge is 0.491 e. The summed E-state index contributed by atoms with van der Waals surface area (Å²) in [5.41, 5.74) is 1.86. The second-order valence-corrected chi connectivity index (χ2v) is 9.14. The van der Waals surface area contributed by atoms with Crippen LogP contribution in [0.25, 0.3) is 11.0 Å². The Bertz CT molecular complexity index is 1180. The van der Waals surface area contributed by atoms with Crippen molar-refractivity contribution in [1.82, 2.24) is 9.80 Å². The van der Waals surface area contributed by atoms with Gasteiger partial charge in [-0.1, -0.05) is 18.5 Å². The fourth-order valence-electron chi connectivity index (χ4n) is 4.17. The summed E-state index contributed by atoms with van der Waals surface area (Å²) >= 11 is 6.21. The molecule has 7 nitrogen and oxygen atoms in total. The van der Waals surface area contributed by atoms with Crippen LogP contribution in [0.1, 0.15) is 18.1 Å². The SMILES string of the molecule is CCN1CCN(C[C@H](O)COc2ccc3c(=O)c(Oc4cc(C)c(Cl)c(C)c4)coc3c2)CC1. The predicted molar refractivity (Wildman–Crippen MR) is 134 cm³/mol. The fraction of sp³-hybridized carbons (Fsp3) is 0.423. The minimum absolute atomic E-state index is 0.0980. The lowest BCUT2D eigenvalue weighted by Gasteiger charge is -2.34. The van der Waals surface area contributed by atoms with Crippen molar-refractivity contribution in [2.45, 2.75) is 26.9 Å². The minimum atomic E-state index is -0.599. The Morgan fingerprint density at radius 3 is 2.41 bits per heavy atom. The van der Waals surface area contributed by atoms with Gasteiger partial charge < -0.3 is 23.9 Å². The van der Waals surface area contributed by atoms with E-state index in [1.165, 1.54) is 6.26 Å². The third-order valence-corrected chi connectivity index (χ3v) is 6.77. The van der Waals surface area contributed by atoms with Crippen molar-refractivity contribution in [1.29, 1.82) is 0 Å². The molecule has 1 N–H and O–H groups in total. The zero-order valence-corrected chi connectivity index (χ0v) is 20.6. The van der Waals surface area contributed by atoms with Crippen LogP contribution in [-0.4, -0.2) is 66.9 Å². The van der Waals surface area contributed by atoms with Gasteiger partial charge >= 0.3 is 0 Å². The van der Waals surface area contributed by atoms with E-state index < -0.39 is 6.10 Å². The fourth-order valence-corrected chi connectivity index (χ4v) is 4.28. The van der Waals surface area contributed by atoms with Gasteiger partial charge in [-0.25, -0.2) is 0 Å². The Morgan fingerprint density at radius 1 is 1.06 bits per heavy atom. The lowest BCUT2D eigenvalue weighted by atomic mass is 10.1. The maximum Gasteiger partial charge on any atom is 0.235 e. The summed E-state index contributed by atoms with van der Waals surface area (Å²) in [4.78, 5) is 17.6. The van der Waals surface area contributed by atoms with E-state index >= 15 is 0 Å². The molecule has 0 spiro atoms. The van der Waals surface area contributed by atoms with E-state index in [0.717, 1.165) is 43.9 Å². The molecule has 0 saturated carbocycles. The van der Waals surface area contributed by atoms with Crippen LogP contribution in [0.2, 0.25) is 5.02 Å². The summed E-state index contributed by atoms with van der Waals surface area (Å²) in [7, 11) is 0. The van der Waals surface area contributed by atoms with E-state index in [9.17, 15) is 9.90 Å². The molecule has 1 fully saturated rings. The van der Waals surface area contributed by atoms with Crippen LogP contribution in [0.15, 0.2) is 45.8 Å². The number of fused-ring (bicyclic) bond motifs is 1. The number of piperazine rings is 1. The first kappa shape index (κ1) is 24.5. The Balaban J connectivity index is 1.39. The number of hydrogen-bond acceptors (Lipinski definition) is 7. The molecule has 1 atom stereocenters. The maximum atomic E-state index is 12.9. The number of rotatable bonds is 8. The number of halogens is 1. The molecule has 0 bridgehead atoms. The lowest BCUT2D eigenvalue weighted by Crippen LogP contribution is -2.49. The van der Waals surface area contributed by atoms with Crippen LogP contribution in [0.5, 0.6) is 17.2 Å². The van der Waals surface area contributed by atoms with Gasteiger partial charge in [0.15, 0.2) is 0 Å². The summed E-state index contributed by atoms with van der Waals surface area (Å²) in [6.45, 7) is 11.7. The van der Waals surface area contributed by atoms with Gasteiger partial charge in [-0.15, -0.1) is 0 Å². The Morgan fingerprint density at radius 2 is 1.74 bits per heavy atom. The number of hydrogen-bond donors (Lipinski definition) is 1. The topological polar surface area (TPSA) is 75.4 Å². The zero-order valence-electron chi connectivity index (χ0n) is 19.8. The Hall–Kier alpha value is -2.58. The molecular weight excluding hydrogens is 456 g/mol. The molecule has 0 radical (unpaired) electrons. The highest BCUT2D eigenvalue weighted by Gasteiger charge is 2.19. The van der Waals surface area contributed by atoms with Gasteiger partial charge in [0.1, 0.15) is 36.1 Å². The molecule has 0 unspecified atom stereocenters. The molecule has 1 aromatic heterocycles. The van der Waals surface area contributed by atoms with Crippen molar-refractivity contribution in [2.75, 3.05) is 45.9 Å². The molecule has 1 aliphatic heterocycles. The molecule has 34 heavy (non-hydrogen) atoms. The zero-order chi connectivity index (χ0) is 24.2. The number of ether oxygens (including phenoxy) is 2. The van der Waals surface area contributed by atoms with E-state index in [1.807, 2.05) is 13.8 Å². The van der Waals surface area contributed by atoms with Gasteiger partial charge in [0, 0.05) is 43.8 Å². The first-order valence-electron chi connectivity index (χ1n) is 11.6. The molecule has 0 amide bonds. The van der Waals surface area contributed by atoms with Crippen LogP contribution in [0.3, 0.4) is 0 Å². The third-order valence-electron chi connectivity index (χ3n) is 6.18. The molecule has 0 aliphatic carbocycles. The van der Waals surface area contributed by atoms with E-state index in [-0.39, 0.29) is 17.8 Å². The molecule has 1 saturated heterocycles. The molecular formula is C26H31ClN2O5. The van der Waals surface area contributed by atoms with Gasteiger partial charge in [0.25, 0.3) is 0 Å². The van der Waals surface area contributed by atoms with Crippen molar-refractivity contribution in [3.8, 4) is 17.2 Å². The maximum absolute atomic E-state index is 12.9. The predicted octanol–water partition coefficient (Wildman–Crippen LogP) is 4.23. The van der Waals surface area contributed by atoms with Crippen LogP contribution < -0.4 is 14.9 Å². The summed E-state index contributed by atoms with van der Waals surface area (Å²) < 4.78 is 17.2. The van der Waals surface area contributed by atoms with Crippen molar-refractivity contribution in [3.63, 3.8) is 0 Å². The molecule has 2 aromatic carbocycles. The van der Waals surface area contributed by atoms with Crippen molar-refractivity contribution in [3.05, 3.63) is 63.0 Å². The van der Waals surface area contributed by atoms with Crippen LogP contribution >= 0.6 is 11.6 Å². The first-order valence-corrected chi connectivity index (χ1v) is 12.0. The number of benzene rings is 2. The molecule has 1 aliphatic rings. The van der Waals surface area contributed by atoms with E-state index in [4.69, 9.17) is 25.5 Å². The number of β-amino-alcohol motifs (C(OH)–C–C–N with tert-alkyl or cyclic N) is 1. The monoisotopic (exact) mass is 486 g/mol. The smallest absolute Gasteiger partial charge is 0.235 e. The molecule has 8 heteroatoms. The van der Waals surface area contributed by atoms with Gasteiger partial charge in [-0.05, 0) is 55.8 Å². The van der Waals surface area contributed by atoms with Crippen LogP contribution in [-0.2, 0) is 0 Å². The van der Waals surface area contributed by atoms with Crippen molar-refractivity contribution < 1.29 is 19.0 Å². The lowest BCUT2D eigenvalue weighted by molar-refractivity contribution is 0.0471.